The Morgan fingerprint density at radius 2 is 1.72 bits per heavy atom. The number of fused-ring (bicyclic) bond motifs is 1. The molecule has 2 aliphatic rings. The minimum atomic E-state index is -0.519. The molecule has 3 N–H and O–H groups in total. The number of aliphatic hydroxyl groups is 1. The highest BCUT2D eigenvalue weighted by Crippen LogP contribution is 2.50. The van der Waals surface area contributed by atoms with Gasteiger partial charge in [0.25, 0.3) is 0 Å². The van der Waals surface area contributed by atoms with E-state index in [2.05, 4.69) is 24.3 Å². The Hall–Kier alpha value is -0.860. The molecule has 0 radical (unpaired) electrons. The topological polar surface area (TPSA) is 46.2 Å². The van der Waals surface area contributed by atoms with E-state index in [4.69, 9.17) is 5.73 Å². The molecule has 0 bridgehead atoms. The number of aryl methyl sites for hydroxylation is 1. The van der Waals surface area contributed by atoms with Crippen LogP contribution in [0.25, 0.3) is 0 Å². The van der Waals surface area contributed by atoms with Crippen LogP contribution in [0.3, 0.4) is 0 Å². The van der Waals surface area contributed by atoms with Crippen molar-refractivity contribution in [1.82, 2.24) is 0 Å². The second kappa shape index (κ2) is 4.36. The first-order valence-electron chi connectivity index (χ1n) is 7.18. The molecule has 0 aromatic heterocycles. The first kappa shape index (κ1) is 12.2. The molecule has 1 atom stereocenters. The second-order valence-corrected chi connectivity index (χ2v) is 6.17. The molecule has 0 spiro atoms. The van der Waals surface area contributed by atoms with E-state index < -0.39 is 5.60 Å². The van der Waals surface area contributed by atoms with E-state index in [1.165, 1.54) is 11.1 Å². The Balaban J connectivity index is 1.95. The Labute approximate surface area is 109 Å². The molecule has 2 nitrogen and oxygen atoms in total. The lowest BCUT2D eigenvalue weighted by Crippen LogP contribution is -2.54. The van der Waals surface area contributed by atoms with Gasteiger partial charge in [-0.2, -0.15) is 0 Å². The molecule has 98 valence electrons. The van der Waals surface area contributed by atoms with Crippen molar-refractivity contribution < 1.29 is 5.11 Å². The Kier molecular flexibility index (Phi) is 2.95. The van der Waals surface area contributed by atoms with Gasteiger partial charge in [0.1, 0.15) is 0 Å². The Morgan fingerprint density at radius 3 is 2.39 bits per heavy atom. The van der Waals surface area contributed by atoms with E-state index >= 15 is 0 Å². The summed E-state index contributed by atoms with van der Waals surface area (Å²) in [6.07, 6.45) is 7.24. The summed E-state index contributed by atoms with van der Waals surface area (Å²) in [5.74, 6) is 0. The van der Waals surface area contributed by atoms with Crippen LogP contribution in [0.2, 0.25) is 0 Å². The van der Waals surface area contributed by atoms with Crippen molar-refractivity contribution >= 4 is 0 Å². The Bertz CT molecular complexity index is 436. The van der Waals surface area contributed by atoms with Crippen LogP contribution in [0.1, 0.15) is 43.2 Å². The lowest BCUT2D eigenvalue weighted by Gasteiger charge is -2.48. The summed E-state index contributed by atoms with van der Waals surface area (Å²) in [7, 11) is 0. The highest BCUT2D eigenvalue weighted by molar-refractivity contribution is 5.32. The van der Waals surface area contributed by atoms with Crippen LogP contribution in [0.5, 0.6) is 0 Å². The summed E-state index contributed by atoms with van der Waals surface area (Å²) in [6.45, 7) is 0.609. The first-order chi connectivity index (χ1) is 8.69. The average Bonchev–Trinajstić information content (AvgIpc) is 2.86. The molecule has 0 aliphatic heterocycles. The van der Waals surface area contributed by atoms with Gasteiger partial charge in [0.15, 0.2) is 0 Å². The number of hydrogen-bond donors (Lipinski definition) is 2. The van der Waals surface area contributed by atoms with Crippen molar-refractivity contribution in [3.05, 3.63) is 35.4 Å². The van der Waals surface area contributed by atoms with Crippen LogP contribution in [0, 0.1) is 5.41 Å². The van der Waals surface area contributed by atoms with Gasteiger partial charge in [-0.05, 0) is 43.2 Å². The Morgan fingerprint density at radius 1 is 1.06 bits per heavy atom. The second-order valence-electron chi connectivity index (χ2n) is 6.17. The molecular weight excluding hydrogens is 222 g/mol. The first-order valence-corrected chi connectivity index (χ1v) is 7.18. The minimum absolute atomic E-state index is 0.0855. The summed E-state index contributed by atoms with van der Waals surface area (Å²) in [6, 6.07) is 8.63. The number of hydrogen-bond acceptors (Lipinski definition) is 2. The van der Waals surface area contributed by atoms with Crippen LogP contribution in [-0.2, 0) is 12.8 Å². The molecule has 1 fully saturated rings. The van der Waals surface area contributed by atoms with Crippen molar-refractivity contribution in [2.75, 3.05) is 6.54 Å². The molecule has 2 heteroatoms. The molecular formula is C16H23NO. The van der Waals surface area contributed by atoms with Gasteiger partial charge in [-0.1, -0.05) is 37.1 Å². The molecule has 0 heterocycles. The summed E-state index contributed by atoms with van der Waals surface area (Å²) >= 11 is 0. The van der Waals surface area contributed by atoms with E-state index in [1.54, 1.807) is 0 Å². The SMILES string of the molecule is NCC1(C2(O)CCCC2)CCc2ccccc2C1. The van der Waals surface area contributed by atoms with Crippen molar-refractivity contribution in [3.63, 3.8) is 0 Å². The lowest BCUT2D eigenvalue weighted by molar-refractivity contribution is -0.0831. The molecule has 18 heavy (non-hydrogen) atoms. The maximum absolute atomic E-state index is 11.0. The van der Waals surface area contributed by atoms with Gasteiger partial charge in [0.2, 0.25) is 0 Å². The zero-order chi connectivity index (χ0) is 12.6. The highest BCUT2D eigenvalue weighted by Gasteiger charge is 2.51. The van der Waals surface area contributed by atoms with E-state index in [0.29, 0.717) is 6.54 Å². The van der Waals surface area contributed by atoms with Crippen LogP contribution in [0.4, 0.5) is 0 Å². The average molecular weight is 245 g/mol. The van der Waals surface area contributed by atoms with E-state index in [-0.39, 0.29) is 5.41 Å². The monoisotopic (exact) mass is 245 g/mol. The number of nitrogens with two attached hydrogens (primary N) is 1. The lowest BCUT2D eigenvalue weighted by atomic mass is 9.61. The van der Waals surface area contributed by atoms with Gasteiger partial charge in [0, 0.05) is 12.0 Å². The van der Waals surface area contributed by atoms with Gasteiger partial charge in [-0.15, -0.1) is 0 Å². The maximum Gasteiger partial charge on any atom is 0.0719 e. The zero-order valence-electron chi connectivity index (χ0n) is 11.0. The van der Waals surface area contributed by atoms with Crippen LogP contribution < -0.4 is 5.73 Å². The quantitative estimate of drug-likeness (QED) is 0.840. The summed E-state index contributed by atoms with van der Waals surface area (Å²) in [5.41, 5.74) is 8.34. The largest absolute Gasteiger partial charge is 0.389 e. The molecule has 1 aromatic rings. The van der Waals surface area contributed by atoms with Gasteiger partial charge in [-0.25, -0.2) is 0 Å². The molecule has 2 aliphatic carbocycles. The van der Waals surface area contributed by atoms with Crippen LogP contribution >= 0.6 is 0 Å². The van der Waals surface area contributed by atoms with E-state index in [9.17, 15) is 5.11 Å². The zero-order valence-corrected chi connectivity index (χ0v) is 11.0. The fourth-order valence-electron chi connectivity index (χ4n) is 4.05. The molecule has 0 saturated heterocycles. The van der Waals surface area contributed by atoms with E-state index in [0.717, 1.165) is 44.9 Å². The van der Waals surface area contributed by atoms with Crippen molar-refractivity contribution in [1.29, 1.82) is 0 Å². The molecule has 3 rings (SSSR count). The summed E-state index contributed by atoms with van der Waals surface area (Å²) < 4.78 is 0. The van der Waals surface area contributed by atoms with Crippen molar-refractivity contribution in [2.45, 2.75) is 50.5 Å². The number of rotatable bonds is 2. The van der Waals surface area contributed by atoms with Crippen molar-refractivity contribution in [3.8, 4) is 0 Å². The molecule has 1 saturated carbocycles. The van der Waals surface area contributed by atoms with Crippen molar-refractivity contribution in [2.24, 2.45) is 11.1 Å². The molecule has 0 amide bonds. The standard InChI is InChI=1S/C16H23NO/c17-12-15(16(18)8-3-4-9-16)10-7-13-5-1-2-6-14(13)11-15/h1-2,5-6,18H,3-4,7-12,17H2. The predicted molar refractivity (Wildman–Crippen MR) is 73.4 cm³/mol. The third-order valence-electron chi connectivity index (χ3n) is 5.33. The fourth-order valence-corrected chi connectivity index (χ4v) is 4.05. The molecule has 1 aromatic carbocycles. The van der Waals surface area contributed by atoms with Gasteiger partial charge >= 0.3 is 0 Å². The van der Waals surface area contributed by atoms with Gasteiger partial charge < -0.3 is 10.8 Å². The van der Waals surface area contributed by atoms with Gasteiger partial charge in [-0.3, -0.25) is 0 Å². The summed E-state index contributed by atoms with van der Waals surface area (Å²) in [4.78, 5) is 0. The van der Waals surface area contributed by atoms with Crippen LogP contribution in [-0.4, -0.2) is 17.3 Å². The number of benzene rings is 1. The van der Waals surface area contributed by atoms with Crippen LogP contribution in [0.15, 0.2) is 24.3 Å². The predicted octanol–water partition coefficient (Wildman–Crippen LogP) is 2.43. The smallest absolute Gasteiger partial charge is 0.0719 e. The fraction of sp³-hybridized carbons (Fsp3) is 0.625. The normalized spacial score (nSPS) is 30.1. The third-order valence-corrected chi connectivity index (χ3v) is 5.33. The van der Waals surface area contributed by atoms with Gasteiger partial charge in [0.05, 0.1) is 5.60 Å². The molecule has 1 unspecified atom stereocenters. The summed E-state index contributed by atoms with van der Waals surface area (Å²) in [5, 5.41) is 11.0. The highest BCUT2D eigenvalue weighted by atomic mass is 16.3. The van der Waals surface area contributed by atoms with E-state index in [1.807, 2.05) is 0 Å². The maximum atomic E-state index is 11.0. The third kappa shape index (κ3) is 1.70. The minimum Gasteiger partial charge on any atom is -0.389 e.